The fourth-order valence-corrected chi connectivity index (χ4v) is 3.68. The van der Waals surface area contributed by atoms with Crippen LogP contribution in [-0.4, -0.2) is 25.5 Å². The summed E-state index contributed by atoms with van der Waals surface area (Å²) < 4.78 is 2.87. The van der Waals surface area contributed by atoms with Crippen molar-refractivity contribution in [3.8, 4) is 5.69 Å². The van der Waals surface area contributed by atoms with Gasteiger partial charge in [-0.2, -0.15) is 5.10 Å². The minimum absolute atomic E-state index is 0.0191. The molecule has 0 aliphatic heterocycles. The van der Waals surface area contributed by atoms with Crippen molar-refractivity contribution in [1.82, 2.24) is 19.6 Å². The third-order valence-electron chi connectivity index (χ3n) is 5.00. The summed E-state index contributed by atoms with van der Waals surface area (Å²) in [6.45, 7) is 5.93. The number of aromatic nitrogens is 4. The maximum atomic E-state index is 12.6. The molecule has 2 heterocycles. The van der Waals surface area contributed by atoms with Crippen LogP contribution in [0, 0.1) is 20.8 Å². The smallest absolute Gasteiger partial charge is 0.273 e. The molecule has 158 valence electrons. The molecule has 0 saturated carbocycles. The number of aromatic amines is 1. The van der Waals surface area contributed by atoms with Crippen LogP contribution in [0.25, 0.3) is 16.5 Å². The number of amides is 1. The van der Waals surface area contributed by atoms with Crippen LogP contribution < -0.4 is 16.4 Å². The predicted molar refractivity (Wildman–Crippen MR) is 120 cm³/mol. The second kappa shape index (κ2) is 8.06. The Kier molecular flexibility index (Phi) is 5.29. The number of H-pyrrole nitrogens is 1. The first-order chi connectivity index (χ1) is 14.8. The topological polar surface area (TPSA) is 102 Å². The third-order valence-corrected chi connectivity index (χ3v) is 5.00. The number of fused-ring (bicyclic) bond motifs is 1. The van der Waals surface area contributed by atoms with Gasteiger partial charge in [0.2, 0.25) is 5.91 Å². The molecule has 2 aromatic carbocycles. The fourth-order valence-electron chi connectivity index (χ4n) is 3.68. The number of rotatable bonds is 5. The van der Waals surface area contributed by atoms with Crippen molar-refractivity contribution >= 4 is 22.5 Å². The lowest BCUT2D eigenvalue weighted by Crippen LogP contribution is -2.31. The first-order valence-corrected chi connectivity index (χ1v) is 9.99. The van der Waals surface area contributed by atoms with Crippen LogP contribution in [-0.2, 0) is 11.3 Å². The Morgan fingerprint density at radius 1 is 1.00 bits per heavy atom. The number of benzene rings is 2. The highest BCUT2D eigenvalue weighted by atomic mass is 16.2. The third kappa shape index (κ3) is 4.18. The van der Waals surface area contributed by atoms with E-state index in [1.54, 1.807) is 35.0 Å². The van der Waals surface area contributed by atoms with E-state index in [9.17, 15) is 14.4 Å². The molecular formula is C23H23N5O3. The molecule has 31 heavy (non-hydrogen) atoms. The standard InChI is InChI=1S/C23H23N5O3/c1-14-10-15(2)12-17(11-14)28-20(13-16(3)25-28)24-21(29)8-9-27-23(31)19-7-5-4-6-18(19)22(30)26-27/h4-7,10-13H,8-9H2,1-3H3,(H,24,29)(H,26,30). The molecule has 0 aliphatic rings. The number of aryl methyl sites for hydroxylation is 4. The average molecular weight is 417 g/mol. The van der Waals surface area contributed by atoms with Gasteiger partial charge in [-0.15, -0.1) is 0 Å². The van der Waals surface area contributed by atoms with Gasteiger partial charge in [0.05, 0.1) is 28.7 Å². The number of carbonyl (C=O) groups excluding carboxylic acids is 1. The van der Waals surface area contributed by atoms with Crippen LogP contribution >= 0.6 is 0 Å². The number of carbonyl (C=O) groups is 1. The maximum Gasteiger partial charge on any atom is 0.273 e. The second-order valence-electron chi connectivity index (χ2n) is 7.67. The van der Waals surface area contributed by atoms with Gasteiger partial charge in [-0.05, 0) is 56.2 Å². The van der Waals surface area contributed by atoms with Gasteiger partial charge in [0.25, 0.3) is 11.1 Å². The number of anilines is 1. The van der Waals surface area contributed by atoms with Crippen LogP contribution in [0.2, 0.25) is 0 Å². The number of hydrogen-bond acceptors (Lipinski definition) is 4. The van der Waals surface area contributed by atoms with E-state index in [1.807, 2.05) is 32.9 Å². The second-order valence-corrected chi connectivity index (χ2v) is 7.67. The van der Waals surface area contributed by atoms with Crippen LogP contribution in [0.4, 0.5) is 5.82 Å². The van der Waals surface area contributed by atoms with Gasteiger partial charge < -0.3 is 5.32 Å². The van der Waals surface area contributed by atoms with E-state index in [-0.39, 0.29) is 30.0 Å². The van der Waals surface area contributed by atoms with Gasteiger partial charge in [0, 0.05) is 12.5 Å². The van der Waals surface area contributed by atoms with Gasteiger partial charge in [0.1, 0.15) is 5.82 Å². The molecule has 0 radical (unpaired) electrons. The highest BCUT2D eigenvalue weighted by Gasteiger charge is 2.13. The van der Waals surface area contributed by atoms with Crippen molar-refractivity contribution < 1.29 is 4.79 Å². The van der Waals surface area contributed by atoms with Crippen molar-refractivity contribution in [3.05, 3.63) is 86.1 Å². The molecule has 4 aromatic rings. The summed E-state index contributed by atoms with van der Waals surface area (Å²) in [5.41, 5.74) is 3.12. The van der Waals surface area contributed by atoms with Crippen LogP contribution in [0.15, 0.2) is 58.1 Å². The van der Waals surface area contributed by atoms with E-state index < -0.39 is 0 Å². The van der Waals surface area contributed by atoms with E-state index in [0.717, 1.165) is 22.5 Å². The SMILES string of the molecule is Cc1cc(C)cc(-n2nc(C)cc2NC(=O)CCn2[nH]c(=O)c3ccccc3c2=O)c1. The highest BCUT2D eigenvalue weighted by molar-refractivity contribution is 5.90. The molecule has 0 aliphatic carbocycles. The summed E-state index contributed by atoms with van der Waals surface area (Å²) in [4.78, 5) is 37.4. The zero-order valence-electron chi connectivity index (χ0n) is 17.6. The van der Waals surface area contributed by atoms with Gasteiger partial charge in [-0.3, -0.25) is 19.5 Å². The summed E-state index contributed by atoms with van der Waals surface area (Å²) in [7, 11) is 0. The first-order valence-electron chi connectivity index (χ1n) is 9.99. The minimum atomic E-state index is -0.362. The molecule has 2 aromatic heterocycles. The van der Waals surface area contributed by atoms with Gasteiger partial charge in [-0.25, -0.2) is 9.36 Å². The number of hydrogen-bond donors (Lipinski definition) is 2. The Morgan fingerprint density at radius 2 is 1.68 bits per heavy atom. The van der Waals surface area contributed by atoms with Gasteiger partial charge in [0.15, 0.2) is 0 Å². The summed E-state index contributed by atoms with van der Waals surface area (Å²) in [6, 6.07) is 14.5. The molecule has 4 rings (SSSR count). The largest absolute Gasteiger partial charge is 0.311 e. The predicted octanol–water partition coefficient (Wildman–Crippen LogP) is 2.83. The molecular weight excluding hydrogens is 394 g/mol. The summed E-state index contributed by atoms with van der Waals surface area (Å²) in [5.74, 6) is 0.262. The van der Waals surface area contributed by atoms with Crippen molar-refractivity contribution in [1.29, 1.82) is 0 Å². The molecule has 0 unspecified atom stereocenters. The molecule has 8 nitrogen and oxygen atoms in total. The summed E-state index contributed by atoms with van der Waals surface area (Å²) >= 11 is 0. The highest BCUT2D eigenvalue weighted by Crippen LogP contribution is 2.20. The van der Waals surface area contributed by atoms with Crippen molar-refractivity contribution in [3.63, 3.8) is 0 Å². The van der Waals surface area contributed by atoms with Crippen LogP contribution in [0.1, 0.15) is 23.2 Å². The van der Waals surface area contributed by atoms with E-state index in [4.69, 9.17) is 0 Å². The van der Waals surface area contributed by atoms with Crippen molar-refractivity contribution in [2.45, 2.75) is 33.7 Å². The molecule has 0 fully saturated rings. The Bertz CT molecular complexity index is 1390. The quantitative estimate of drug-likeness (QED) is 0.521. The average Bonchev–Trinajstić information content (AvgIpc) is 3.09. The first kappa shape index (κ1) is 20.3. The van der Waals surface area contributed by atoms with E-state index in [0.29, 0.717) is 16.6 Å². The Balaban J connectivity index is 1.54. The van der Waals surface area contributed by atoms with Gasteiger partial charge in [-0.1, -0.05) is 18.2 Å². The monoisotopic (exact) mass is 417 g/mol. The van der Waals surface area contributed by atoms with Crippen LogP contribution in [0.3, 0.4) is 0 Å². The lowest BCUT2D eigenvalue weighted by molar-refractivity contribution is -0.116. The zero-order valence-corrected chi connectivity index (χ0v) is 17.6. The summed E-state index contributed by atoms with van der Waals surface area (Å²) in [5, 5.41) is 10.6. The minimum Gasteiger partial charge on any atom is -0.311 e. The Hall–Kier alpha value is -3.94. The fraction of sp³-hybridized carbons (Fsp3) is 0.217. The lowest BCUT2D eigenvalue weighted by atomic mass is 10.1. The van der Waals surface area contributed by atoms with Gasteiger partial charge >= 0.3 is 0 Å². The molecule has 0 spiro atoms. The summed E-state index contributed by atoms with van der Waals surface area (Å²) in [6.07, 6.45) is 0.0191. The molecule has 1 amide bonds. The normalized spacial score (nSPS) is 11.1. The Morgan fingerprint density at radius 3 is 2.39 bits per heavy atom. The molecule has 0 saturated heterocycles. The van der Waals surface area contributed by atoms with E-state index in [1.165, 1.54) is 4.68 Å². The van der Waals surface area contributed by atoms with E-state index >= 15 is 0 Å². The number of nitrogens with zero attached hydrogens (tertiary/aromatic N) is 3. The maximum absolute atomic E-state index is 12.6. The number of nitrogens with one attached hydrogen (secondary N) is 2. The Labute approximate surface area is 178 Å². The molecule has 0 bridgehead atoms. The van der Waals surface area contributed by atoms with Crippen molar-refractivity contribution in [2.24, 2.45) is 0 Å². The van der Waals surface area contributed by atoms with E-state index in [2.05, 4.69) is 21.6 Å². The zero-order chi connectivity index (χ0) is 22.1. The molecule has 2 N–H and O–H groups in total. The molecule has 8 heteroatoms. The lowest BCUT2D eigenvalue weighted by Gasteiger charge is -2.11. The molecule has 0 atom stereocenters. The van der Waals surface area contributed by atoms with Crippen LogP contribution in [0.5, 0.6) is 0 Å². The van der Waals surface area contributed by atoms with Crippen molar-refractivity contribution in [2.75, 3.05) is 5.32 Å².